The van der Waals surface area contributed by atoms with Crippen molar-refractivity contribution in [1.82, 2.24) is 20.1 Å². The van der Waals surface area contributed by atoms with Crippen LogP contribution in [0.5, 0.6) is 0 Å². The highest BCUT2D eigenvalue weighted by molar-refractivity contribution is 7.99. The van der Waals surface area contributed by atoms with Gasteiger partial charge in [-0.3, -0.25) is 9.59 Å². The highest BCUT2D eigenvalue weighted by Crippen LogP contribution is 2.38. The van der Waals surface area contributed by atoms with E-state index in [1.54, 1.807) is 37.3 Å². The molecule has 1 atom stereocenters. The maximum absolute atomic E-state index is 12.9. The van der Waals surface area contributed by atoms with Crippen LogP contribution in [0.3, 0.4) is 0 Å². The van der Waals surface area contributed by atoms with E-state index in [-0.39, 0.29) is 24.2 Å². The van der Waals surface area contributed by atoms with Gasteiger partial charge in [-0.1, -0.05) is 36.0 Å². The summed E-state index contributed by atoms with van der Waals surface area (Å²) in [5, 5.41) is 15.5. The van der Waals surface area contributed by atoms with Gasteiger partial charge in [-0.05, 0) is 57.2 Å². The van der Waals surface area contributed by atoms with E-state index in [0.717, 1.165) is 36.1 Å². The molecule has 1 aromatic carbocycles. The minimum atomic E-state index is -0.414. The van der Waals surface area contributed by atoms with Crippen LogP contribution in [-0.4, -0.2) is 44.9 Å². The second-order valence-corrected chi connectivity index (χ2v) is 10.8. The summed E-state index contributed by atoms with van der Waals surface area (Å²) in [5.41, 5.74) is 2.05. The minimum Gasteiger partial charge on any atom is -0.462 e. The standard InChI is InChI=1S/C27H31N5O4S2/c1-4-15-32-23(17(3)28-24(34)18-11-7-6-8-12-18)30-31-27(32)37-16-21(33)29-25-22(26(35)36-5-2)19-13-9-10-14-20(19)38-25/h4,6-8,11-12,17H,1,5,9-10,13-16H2,2-3H3,(H,28,34)(H,29,33)/t17-/m1/s1. The molecule has 2 heterocycles. The van der Waals surface area contributed by atoms with Gasteiger partial charge in [0.1, 0.15) is 5.00 Å². The first kappa shape index (κ1) is 27.6. The summed E-state index contributed by atoms with van der Waals surface area (Å²) in [7, 11) is 0. The number of aromatic nitrogens is 3. The van der Waals surface area contributed by atoms with Crippen molar-refractivity contribution in [2.75, 3.05) is 17.7 Å². The summed E-state index contributed by atoms with van der Waals surface area (Å²) >= 11 is 2.69. The van der Waals surface area contributed by atoms with E-state index in [0.29, 0.717) is 33.7 Å². The van der Waals surface area contributed by atoms with Gasteiger partial charge in [0.05, 0.1) is 24.0 Å². The van der Waals surface area contributed by atoms with Gasteiger partial charge in [-0.25, -0.2) is 4.79 Å². The van der Waals surface area contributed by atoms with Crippen molar-refractivity contribution in [2.24, 2.45) is 0 Å². The Kier molecular flexibility index (Phi) is 9.35. The van der Waals surface area contributed by atoms with E-state index >= 15 is 0 Å². The lowest BCUT2D eigenvalue weighted by Crippen LogP contribution is -2.28. The van der Waals surface area contributed by atoms with Crippen molar-refractivity contribution in [3.8, 4) is 0 Å². The van der Waals surface area contributed by atoms with Gasteiger partial charge in [-0.2, -0.15) is 0 Å². The Bertz CT molecular complexity index is 1320. The molecule has 2 amide bonds. The zero-order valence-electron chi connectivity index (χ0n) is 21.5. The number of aryl methyl sites for hydroxylation is 1. The molecule has 1 aliphatic carbocycles. The van der Waals surface area contributed by atoms with Crippen molar-refractivity contribution < 1.29 is 19.1 Å². The average molecular weight is 554 g/mol. The SMILES string of the molecule is C=CCn1c(SCC(=O)Nc2sc3c(c2C(=O)OCC)CCCC3)nnc1[C@@H](C)NC(=O)c1ccccc1. The summed E-state index contributed by atoms with van der Waals surface area (Å²) in [6.07, 6.45) is 5.53. The van der Waals surface area contributed by atoms with E-state index in [4.69, 9.17) is 4.74 Å². The number of ether oxygens (including phenoxy) is 1. The summed E-state index contributed by atoms with van der Waals surface area (Å²) in [5.74, 6) is -0.218. The lowest BCUT2D eigenvalue weighted by atomic mass is 9.95. The monoisotopic (exact) mass is 553 g/mol. The van der Waals surface area contributed by atoms with Crippen molar-refractivity contribution in [2.45, 2.75) is 57.3 Å². The predicted octanol–water partition coefficient (Wildman–Crippen LogP) is 4.80. The maximum Gasteiger partial charge on any atom is 0.341 e. The first-order valence-corrected chi connectivity index (χ1v) is 14.4. The van der Waals surface area contributed by atoms with E-state index in [1.807, 2.05) is 17.6 Å². The maximum atomic E-state index is 12.9. The molecule has 0 fully saturated rings. The number of carbonyl (C=O) groups excluding carboxylic acids is 3. The third kappa shape index (κ3) is 6.33. The molecule has 11 heteroatoms. The number of nitrogens with one attached hydrogen (secondary N) is 2. The van der Waals surface area contributed by atoms with E-state index in [2.05, 4.69) is 27.4 Å². The topological polar surface area (TPSA) is 115 Å². The second-order valence-electron chi connectivity index (χ2n) is 8.77. The quantitative estimate of drug-likeness (QED) is 0.199. The molecule has 0 spiro atoms. The van der Waals surface area contributed by atoms with Crippen LogP contribution in [-0.2, 0) is 28.9 Å². The first-order valence-electron chi connectivity index (χ1n) is 12.6. The van der Waals surface area contributed by atoms with Crippen molar-refractivity contribution >= 4 is 45.9 Å². The summed E-state index contributed by atoms with van der Waals surface area (Å²) in [4.78, 5) is 39.4. The third-order valence-electron chi connectivity index (χ3n) is 6.06. The summed E-state index contributed by atoms with van der Waals surface area (Å²) < 4.78 is 7.11. The van der Waals surface area contributed by atoms with Crippen LogP contribution in [0, 0.1) is 0 Å². The molecule has 0 unspecified atom stereocenters. The van der Waals surface area contributed by atoms with E-state index in [1.165, 1.54) is 23.1 Å². The Hall–Kier alpha value is -3.44. The Balaban J connectivity index is 1.44. The number of hydrogen-bond donors (Lipinski definition) is 2. The number of rotatable bonds is 11. The third-order valence-corrected chi connectivity index (χ3v) is 8.24. The Morgan fingerprint density at radius 2 is 1.97 bits per heavy atom. The molecule has 2 aromatic heterocycles. The van der Waals surface area contributed by atoms with Gasteiger partial charge in [0, 0.05) is 17.0 Å². The van der Waals surface area contributed by atoms with Crippen LogP contribution in [0.15, 0.2) is 48.1 Å². The lowest BCUT2D eigenvalue weighted by Gasteiger charge is -2.15. The molecular weight excluding hydrogens is 522 g/mol. The van der Waals surface area contributed by atoms with Gasteiger partial charge in [0.2, 0.25) is 5.91 Å². The molecule has 0 saturated carbocycles. The van der Waals surface area contributed by atoms with Crippen molar-refractivity contribution in [3.05, 3.63) is 70.4 Å². The second kappa shape index (κ2) is 12.9. The largest absolute Gasteiger partial charge is 0.462 e. The summed E-state index contributed by atoms with van der Waals surface area (Å²) in [6.45, 7) is 8.12. The highest BCUT2D eigenvalue weighted by Gasteiger charge is 2.27. The van der Waals surface area contributed by atoms with E-state index in [9.17, 15) is 14.4 Å². The molecule has 1 aliphatic rings. The number of thiophene rings is 1. The number of carbonyl (C=O) groups is 3. The molecule has 3 aromatic rings. The number of benzene rings is 1. The Morgan fingerprint density at radius 1 is 1.21 bits per heavy atom. The number of anilines is 1. The molecule has 2 N–H and O–H groups in total. The van der Waals surface area contributed by atoms with Gasteiger partial charge in [0.25, 0.3) is 5.91 Å². The molecular formula is C27H31N5O4S2. The van der Waals surface area contributed by atoms with Crippen LogP contribution in [0.4, 0.5) is 5.00 Å². The fourth-order valence-electron chi connectivity index (χ4n) is 4.33. The van der Waals surface area contributed by atoms with Crippen molar-refractivity contribution in [1.29, 1.82) is 0 Å². The number of thioether (sulfide) groups is 1. The zero-order valence-corrected chi connectivity index (χ0v) is 23.1. The number of fused-ring (bicyclic) bond motifs is 1. The molecule has 4 rings (SSSR count). The first-order chi connectivity index (χ1) is 18.4. The average Bonchev–Trinajstić information content (AvgIpc) is 3.49. The van der Waals surface area contributed by atoms with Crippen LogP contribution >= 0.6 is 23.1 Å². The zero-order chi connectivity index (χ0) is 27.1. The highest BCUT2D eigenvalue weighted by atomic mass is 32.2. The van der Waals surface area contributed by atoms with Gasteiger partial charge < -0.3 is 19.9 Å². The number of allylic oxidation sites excluding steroid dienone is 1. The number of esters is 1. The fraction of sp³-hybridized carbons (Fsp3) is 0.370. The molecule has 9 nitrogen and oxygen atoms in total. The van der Waals surface area contributed by atoms with Crippen molar-refractivity contribution in [3.63, 3.8) is 0 Å². The summed E-state index contributed by atoms with van der Waals surface area (Å²) in [6, 6.07) is 8.54. The van der Waals surface area contributed by atoms with Gasteiger partial charge in [-0.15, -0.1) is 28.1 Å². The number of amides is 2. The van der Waals surface area contributed by atoms with Crippen LogP contribution in [0.2, 0.25) is 0 Å². The smallest absolute Gasteiger partial charge is 0.341 e. The van der Waals surface area contributed by atoms with Crippen LogP contribution in [0.1, 0.15) is 69.7 Å². The molecule has 0 aliphatic heterocycles. The van der Waals surface area contributed by atoms with Gasteiger partial charge in [0.15, 0.2) is 11.0 Å². The molecule has 0 bridgehead atoms. The minimum absolute atomic E-state index is 0.0743. The molecule has 0 radical (unpaired) electrons. The number of hydrogen-bond acceptors (Lipinski definition) is 8. The molecule has 200 valence electrons. The van der Waals surface area contributed by atoms with Crippen LogP contribution < -0.4 is 10.6 Å². The normalized spacial score (nSPS) is 13.3. The fourth-order valence-corrected chi connectivity index (χ4v) is 6.38. The molecule has 38 heavy (non-hydrogen) atoms. The Labute approximate surface area is 230 Å². The van der Waals surface area contributed by atoms with E-state index < -0.39 is 12.0 Å². The molecule has 0 saturated heterocycles. The van der Waals surface area contributed by atoms with Crippen LogP contribution in [0.25, 0.3) is 0 Å². The Morgan fingerprint density at radius 3 is 2.71 bits per heavy atom. The lowest BCUT2D eigenvalue weighted by molar-refractivity contribution is -0.113. The number of nitrogens with zero attached hydrogens (tertiary/aromatic N) is 3. The predicted molar refractivity (Wildman–Crippen MR) is 149 cm³/mol. The van der Waals surface area contributed by atoms with Gasteiger partial charge >= 0.3 is 5.97 Å².